The van der Waals surface area contributed by atoms with Gasteiger partial charge in [0.1, 0.15) is 0 Å². The Bertz CT molecular complexity index is 379. The molecule has 1 saturated heterocycles. The zero-order valence-electron chi connectivity index (χ0n) is 8.77. The van der Waals surface area contributed by atoms with Crippen molar-refractivity contribution in [2.75, 3.05) is 16.9 Å². The number of pyridine rings is 1. The van der Waals surface area contributed by atoms with E-state index in [0.29, 0.717) is 11.3 Å². The van der Waals surface area contributed by atoms with Crippen LogP contribution in [0.5, 0.6) is 0 Å². The maximum atomic E-state index is 11.9. The van der Waals surface area contributed by atoms with Gasteiger partial charge >= 0.3 is 0 Å². The van der Waals surface area contributed by atoms with Gasteiger partial charge < -0.3 is 10.7 Å². The first-order valence-corrected chi connectivity index (χ1v) is 6.26. The fourth-order valence-corrected chi connectivity index (χ4v) is 2.77. The van der Waals surface area contributed by atoms with Crippen LogP contribution in [0.2, 0.25) is 0 Å². The third kappa shape index (κ3) is 2.45. The molecule has 0 radical (unpaired) electrons. The molecule has 0 saturated carbocycles. The minimum atomic E-state index is -0.0946. The highest BCUT2D eigenvalue weighted by molar-refractivity contribution is 7.99. The predicted octanol–water partition coefficient (Wildman–Crippen LogP) is 0.603. The van der Waals surface area contributed by atoms with E-state index in [0.717, 1.165) is 17.9 Å². The van der Waals surface area contributed by atoms with Gasteiger partial charge in [-0.05, 0) is 18.2 Å². The van der Waals surface area contributed by atoms with Crippen LogP contribution in [0.25, 0.3) is 0 Å². The second-order valence-electron chi connectivity index (χ2n) is 3.60. The number of hydrogen-bond donors (Lipinski definition) is 3. The molecule has 6 heteroatoms. The van der Waals surface area contributed by atoms with Gasteiger partial charge in [0, 0.05) is 18.0 Å². The summed E-state index contributed by atoms with van der Waals surface area (Å²) in [6.07, 6.45) is 4.16. The summed E-state index contributed by atoms with van der Waals surface area (Å²) in [5.74, 6) is 7.33. The minimum Gasteiger partial charge on any atom is -0.348 e. The van der Waals surface area contributed by atoms with Crippen molar-refractivity contribution in [3.8, 4) is 0 Å². The molecule has 1 aromatic rings. The Hall–Kier alpha value is -1.27. The Labute approximate surface area is 98.2 Å². The van der Waals surface area contributed by atoms with Crippen LogP contribution in [0, 0.1) is 0 Å². The van der Waals surface area contributed by atoms with E-state index in [4.69, 9.17) is 5.84 Å². The maximum Gasteiger partial charge on any atom is 0.253 e. The second kappa shape index (κ2) is 5.18. The molecule has 1 amide bonds. The van der Waals surface area contributed by atoms with Gasteiger partial charge in [0.25, 0.3) is 5.91 Å². The molecule has 16 heavy (non-hydrogen) atoms. The van der Waals surface area contributed by atoms with Crippen LogP contribution in [-0.2, 0) is 0 Å². The van der Waals surface area contributed by atoms with E-state index in [1.165, 1.54) is 6.20 Å². The van der Waals surface area contributed by atoms with Gasteiger partial charge in [-0.2, -0.15) is 11.8 Å². The molecule has 2 rings (SSSR count). The molecule has 0 aliphatic carbocycles. The second-order valence-corrected chi connectivity index (χ2v) is 4.75. The molecule has 0 aromatic carbocycles. The van der Waals surface area contributed by atoms with Gasteiger partial charge in [0.15, 0.2) is 0 Å². The lowest BCUT2D eigenvalue weighted by atomic mass is 10.2. The molecule has 1 aromatic heterocycles. The highest BCUT2D eigenvalue weighted by Gasteiger charge is 2.19. The van der Waals surface area contributed by atoms with Crippen LogP contribution in [-0.4, -0.2) is 28.4 Å². The molecule has 0 bridgehead atoms. The fourth-order valence-electron chi connectivity index (χ4n) is 1.62. The smallest absolute Gasteiger partial charge is 0.253 e. The number of anilines is 1. The number of aromatic nitrogens is 1. The first-order chi connectivity index (χ1) is 7.81. The average Bonchev–Trinajstić information content (AvgIpc) is 2.81. The molecular weight excluding hydrogens is 224 g/mol. The number of nitrogens with one attached hydrogen (secondary N) is 2. The van der Waals surface area contributed by atoms with E-state index >= 15 is 0 Å². The SMILES string of the molecule is NNc1cnccc1C(=O)NC1CCSC1. The van der Waals surface area contributed by atoms with E-state index in [2.05, 4.69) is 15.7 Å². The van der Waals surface area contributed by atoms with Crippen LogP contribution in [0.15, 0.2) is 18.5 Å². The molecule has 2 heterocycles. The van der Waals surface area contributed by atoms with E-state index in [1.807, 2.05) is 11.8 Å². The summed E-state index contributed by atoms with van der Waals surface area (Å²) >= 11 is 1.86. The van der Waals surface area contributed by atoms with Gasteiger partial charge in [-0.25, -0.2) is 0 Å². The van der Waals surface area contributed by atoms with Crippen molar-refractivity contribution >= 4 is 23.4 Å². The molecule has 1 aliphatic rings. The van der Waals surface area contributed by atoms with Crippen LogP contribution < -0.4 is 16.6 Å². The van der Waals surface area contributed by atoms with Gasteiger partial charge in [0.05, 0.1) is 17.4 Å². The number of nitrogen functional groups attached to an aromatic ring is 1. The van der Waals surface area contributed by atoms with Crippen LogP contribution in [0.1, 0.15) is 16.8 Å². The molecule has 1 atom stereocenters. The summed E-state index contributed by atoms with van der Waals surface area (Å²) in [4.78, 5) is 15.8. The zero-order valence-corrected chi connectivity index (χ0v) is 9.59. The largest absolute Gasteiger partial charge is 0.348 e. The van der Waals surface area contributed by atoms with Gasteiger partial charge in [0.2, 0.25) is 0 Å². The van der Waals surface area contributed by atoms with E-state index < -0.39 is 0 Å². The predicted molar refractivity (Wildman–Crippen MR) is 65.2 cm³/mol. The number of nitrogens with zero attached hydrogens (tertiary/aromatic N) is 1. The van der Waals surface area contributed by atoms with E-state index in [9.17, 15) is 4.79 Å². The fraction of sp³-hybridized carbons (Fsp3) is 0.400. The average molecular weight is 238 g/mol. The van der Waals surface area contributed by atoms with E-state index in [-0.39, 0.29) is 11.9 Å². The molecule has 1 fully saturated rings. The van der Waals surface area contributed by atoms with Crippen LogP contribution in [0.3, 0.4) is 0 Å². The first-order valence-electron chi connectivity index (χ1n) is 5.10. The van der Waals surface area contributed by atoms with Gasteiger partial charge in [-0.3, -0.25) is 15.6 Å². The molecule has 0 spiro atoms. The number of carbonyl (C=O) groups is 1. The lowest BCUT2D eigenvalue weighted by Crippen LogP contribution is -2.35. The molecular formula is C10H14N4OS. The summed E-state index contributed by atoms with van der Waals surface area (Å²) < 4.78 is 0. The van der Waals surface area contributed by atoms with Gasteiger partial charge in [-0.15, -0.1) is 0 Å². The van der Waals surface area contributed by atoms with Crippen molar-refractivity contribution in [3.63, 3.8) is 0 Å². The summed E-state index contributed by atoms with van der Waals surface area (Å²) in [6, 6.07) is 1.93. The summed E-state index contributed by atoms with van der Waals surface area (Å²) in [7, 11) is 0. The Morgan fingerprint density at radius 3 is 3.19 bits per heavy atom. The summed E-state index contributed by atoms with van der Waals surface area (Å²) in [5, 5.41) is 2.99. The van der Waals surface area contributed by atoms with Crippen molar-refractivity contribution in [2.24, 2.45) is 5.84 Å². The maximum absolute atomic E-state index is 11.9. The number of hydrogen-bond acceptors (Lipinski definition) is 5. The molecule has 1 aliphatic heterocycles. The van der Waals surface area contributed by atoms with Crippen molar-refractivity contribution in [1.82, 2.24) is 10.3 Å². The third-order valence-electron chi connectivity index (χ3n) is 2.49. The lowest BCUT2D eigenvalue weighted by molar-refractivity contribution is 0.0942. The van der Waals surface area contributed by atoms with Crippen molar-refractivity contribution in [1.29, 1.82) is 0 Å². The summed E-state index contributed by atoms with van der Waals surface area (Å²) in [6.45, 7) is 0. The third-order valence-corrected chi connectivity index (χ3v) is 3.65. The zero-order chi connectivity index (χ0) is 11.4. The topological polar surface area (TPSA) is 80.0 Å². The van der Waals surface area contributed by atoms with Crippen molar-refractivity contribution < 1.29 is 4.79 Å². The Morgan fingerprint density at radius 2 is 2.50 bits per heavy atom. The van der Waals surface area contributed by atoms with Gasteiger partial charge in [-0.1, -0.05) is 0 Å². The monoisotopic (exact) mass is 238 g/mol. The Kier molecular flexibility index (Phi) is 3.63. The van der Waals surface area contributed by atoms with Crippen molar-refractivity contribution in [3.05, 3.63) is 24.0 Å². The Balaban J connectivity index is 2.07. The quantitative estimate of drug-likeness (QED) is 0.531. The summed E-state index contributed by atoms with van der Waals surface area (Å²) in [5.41, 5.74) is 3.56. The molecule has 86 valence electrons. The first kappa shape index (κ1) is 11.2. The van der Waals surface area contributed by atoms with E-state index in [1.54, 1.807) is 12.3 Å². The number of hydrazine groups is 1. The number of amides is 1. The highest BCUT2D eigenvalue weighted by atomic mass is 32.2. The van der Waals surface area contributed by atoms with Crippen molar-refractivity contribution in [2.45, 2.75) is 12.5 Å². The molecule has 4 N–H and O–H groups in total. The number of nitrogens with two attached hydrogens (primary N) is 1. The normalized spacial score (nSPS) is 19.4. The van der Waals surface area contributed by atoms with Crippen LogP contribution in [0.4, 0.5) is 5.69 Å². The van der Waals surface area contributed by atoms with Crippen LogP contribution >= 0.6 is 11.8 Å². The molecule has 5 nitrogen and oxygen atoms in total. The minimum absolute atomic E-state index is 0.0946. The molecule has 1 unspecified atom stereocenters. The number of thioether (sulfide) groups is 1. The standard InChI is InChI=1S/C10H14N4OS/c11-14-9-5-12-3-1-8(9)10(15)13-7-2-4-16-6-7/h1,3,5,7,14H,2,4,6,11H2,(H,13,15). The Morgan fingerprint density at radius 1 is 1.62 bits per heavy atom. The lowest BCUT2D eigenvalue weighted by Gasteiger charge is -2.13. The number of carbonyl (C=O) groups excluding carboxylic acids is 1. The highest BCUT2D eigenvalue weighted by Crippen LogP contribution is 2.18. The number of rotatable bonds is 3.